The number of ketones is 1. The largest absolute Gasteiger partial charge is 0.384 e. The van der Waals surface area contributed by atoms with Crippen LogP contribution in [0.5, 0.6) is 0 Å². The number of nitrogens with zero attached hydrogens (tertiary/aromatic N) is 4. The molecule has 184 valence electrons. The van der Waals surface area contributed by atoms with E-state index < -0.39 is 29.4 Å². The number of hydrogen-bond acceptors (Lipinski definition) is 9. The molecule has 0 bridgehead atoms. The van der Waals surface area contributed by atoms with E-state index in [0.29, 0.717) is 0 Å². The first kappa shape index (κ1) is 22.7. The van der Waals surface area contributed by atoms with Crippen molar-refractivity contribution in [2.24, 2.45) is 0 Å². The van der Waals surface area contributed by atoms with Crippen LogP contribution in [0, 0.1) is 0 Å². The summed E-state index contributed by atoms with van der Waals surface area (Å²) in [5.74, 6) is -2.52. The van der Waals surface area contributed by atoms with E-state index in [0.717, 1.165) is 9.80 Å². The van der Waals surface area contributed by atoms with Gasteiger partial charge in [0.05, 0.1) is 22.3 Å². The van der Waals surface area contributed by atoms with E-state index in [1.54, 1.807) is 12.1 Å². The molecule has 4 N–H and O–H groups in total. The molecule has 0 spiro atoms. The van der Waals surface area contributed by atoms with Crippen molar-refractivity contribution in [1.29, 1.82) is 0 Å². The Morgan fingerprint density at radius 3 is 1.34 bits per heavy atom. The van der Waals surface area contributed by atoms with Crippen molar-refractivity contribution in [2.45, 2.75) is 0 Å². The van der Waals surface area contributed by atoms with Gasteiger partial charge in [0.15, 0.2) is 5.78 Å². The molecule has 4 aromatic rings. The number of hydrogen-bond donors (Lipinski definition) is 2. The van der Waals surface area contributed by atoms with Gasteiger partial charge in [0.1, 0.15) is 23.3 Å². The average molecular weight is 504 g/mol. The summed E-state index contributed by atoms with van der Waals surface area (Å²) in [5, 5.41) is 0. The number of imide groups is 2. The van der Waals surface area contributed by atoms with Crippen LogP contribution in [0.2, 0.25) is 0 Å². The molecule has 4 amide bonds. The zero-order valence-corrected chi connectivity index (χ0v) is 19.4. The van der Waals surface area contributed by atoms with Crippen LogP contribution < -0.4 is 21.3 Å². The minimum atomic E-state index is -0.641. The van der Waals surface area contributed by atoms with E-state index in [1.165, 1.54) is 60.7 Å². The molecular formula is C27H16N6O5. The zero-order valence-electron chi connectivity index (χ0n) is 19.4. The van der Waals surface area contributed by atoms with Gasteiger partial charge in [-0.2, -0.15) is 0 Å². The van der Waals surface area contributed by atoms with Crippen molar-refractivity contribution < 1.29 is 24.0 Å². The number of carbonyl (C=O) groups is 5. The van der Waals surface area contributed by atoms with Crippen LogP contribution in [0.15, 0.2) is 72.8 Å². The molecule has 11 heteroatoms. The molecule has 0 fully saturated rings. The smallest absolute Gasteiger partial charge is 0.267 e. The second-order valence-corrected chi connectivity index (χ2v) is 8.58. The predicted octanol–water partition coefficient (Wildman–Crippen LogP) is 2.47. The standard InChI is InChI=1S/C27H16N6O5/c28-19-3-1-5-21(30-19)32-24(35)15-9-7-13(11-17(15)26(32)37)23(34)14-8-10-16-18(12-14)27(38)33(25(16)36)22-6-2-4-20(29)31-22/h1-12H,(H2,28,30)(H2,29,31). The van der Waals surface area contributed by atoms with Crippen LogP contribution in [-0.4, -0.2) is 39.4 Å². The first-order chi connectivity index (χ1) is 18.2. The number of rotatable bonds is 4. The van der Waals surface area contributed by atoms with E-state index in [2.05, 4.69) is 9.97 Å². The topological polar surface area (TPSA) is 170 Å². The van der Waals surface area contributed by atoms with Gasteiger partial charge in [-0.15, -0.1) is 0 Å². The van der Waals surface area contributed by atoms with Gasteiger partial charge >= 0.3 is 0 Å². The maximum Gasteiger partial charge on any atom is 0.267 e. The molecule has 0 saturated heterocycles. The van der Waals surface area contributed by atoms with Crippen molar-refractivity contribution in [2.75, 3.05) is 21.3 Å². The maximum absolute atomic E-state index is 13.3. The highest BCUT2D eigenvalue weighted by Gasteiger charge is 2.39. The number of amides is 4. The number of anilines is 4. The van der Waals surface area contributed by atoms with Crippen LogP contribution in [0.1, 0.15) is 57.4 Å². The first-order valence-corrected chi connectivity index (χ1v) is 11.3. The van der Waals surface area contributed by atoms with E-state index >= 15 is 0 Å². The SMILES string of the molecule is Nc1cccc(N2C(=O)c3ccc(C(=O)c4ccc5c(c4)C(=O)N(c4cccc(N)n4)C5=O)cc3C2=O)n1. The summed E-state index contributed by atoms with van der Waals surface area (Å²) in [6, 6.07) is 17.4. The third-order valence-electron chi connectivity index (χ3n) is 6.27. The summed E-state index contributed by atoms with van der Waals surface area (Å²) in [6.45, 7) is 0. The number of nitrogen functional groups attached to an aromatic ring is 2. The van der Waals surface area contributed by atoms with Gasteiger partial charge in [-0.05, 0) is 48.5 Å². The molecule has 6 rings (SSSR count). The van der Waals surface area contributed by atoms with E-state index in [-0.39, 0.29) is 56.7 Å². The first-order valence-electron chi connectivity index (χ1n) is 11.3. The Morgan fingerprint density at radius 2 is 0.947 bits per heavy atom. The van der Waals surface area contributed by atoms with Gasteiger partial charge < -0.3 is 11.5 Å². The molecule has 38 heavy (non-hydrogen) atoms. The van der Waals surface area contributed by atoms with Crippen molar-refractivity contribution in [1.82, 2.24) is 9.97 Å². The number of aromatic nitrogens is 2. The number of fused-ring (bicyclic) bond motifs is 2. The third kappa shape index (κ3) is 3.33. The molecule has 2 aromatic heterocycles. The summed E-state index contributed by atoms with van der Waals surface area (Å²) in [7, 11) is 0. The van der Waals surface area contributed by atoms with E-state index in [9.17, 15) is 24.0 Å². The molecule has 0 aliphatic carbocycles. The number of pyridine rings is 2. The second kappa shape index (κ2) is 8.17. The Labute approximate surface area is 214 Å². The molecule has 11 nitrogen and oxygen atoms in total. The predicted molar refractivity (Wildman–Crippen MR) is 136 cm³/mol. The van der Waals surface area contributed by atoms with Gasteiger partial charge in [0.2, 0.25) is 0 Å². The lowest BCUT2D eigenvalue weighted by atomic mass is 9.96. The van der Waals surface area contributed by atoms with Gasteiger partial charge in [0.25, 0.3) is 23.6 Å². The monoisotopic (exact) mass is 504 g/mol. The summed E-state index contributed by atoms with van der Waals surface area (Å²) < 4.78 is 0. The Bertz CT molecular complexity index is 1640. The molecule has 0 saturated carbocycles. The summed E-state index contributed by atoms with van der Waals surface area (Å²) in [4.78, 5) is 75.1. The van der Waals surface area contributed by atoms with Gasteiger partial charge in [-0.1, -0.05) is 24.3 Å². The fraction of sp³-hybridized carbons (Fsp3) is 0. The molecular weight excluding hydrogens is 488 g/mol. The lowest BCUT2D eigenvalue weighted by Gasteiger charge is -2.12. The highest BCUT2D eigenvalue weighted by molar-refractivity contribution is 6.35. The average Bonchev–Trinajstić information content (AvgIpc) is 3.31. The Morgan fingerprint density at radius 1 is 0.553 bits per heavy atom. The van der Waals surface area contributed by atoms with Gasteiger partial charge in [0, 0.05) is 11.1 Å². The van der Waals surface area contributed by atoms with Crippen molar-refractivity contribution in [3.05, 3.63) is 106 Å². The second-order valence-electron chi connectivity index (χ2n) is 8.58. The summed E-state index contributed by atoms with van der Waals surface area (Å²) in [6.07, 6.45) is 0. The molecule has 2 aromatic carbocycles. The van der Waals surface area contributed by atoms with Crippen molar-refractivity contribution >= 4 is 52.7 Å². The van der Waals surface area contributed by atoms with Crippen LogP contribution >= 0.6 is 0 Å². The zero-order chi connectivity index (χ0) is 26.7. The molecule has 2 aliphatic rings. The fourth-order valence-corrected chi connectivity index (χ4v) is 4.48. The summed E-state index contributed by atoms with van der Waals surface area (Å²) in [5.41, 5.74) is 12.0. The third-order valence-corrected chi connectivity index (χ3v) is 6.27. The van der Waals surface area contributed by atoms with Crippen molar-refractivity contribution in [3.8, 4) is 0 Å². The van der Waals surface area contributed by atoms with Crippen LogP contribution in [0.25, 0.3) is 0 Å². The number of carbonyl (C=O) groups excluding carboxylic acids is 5. The maximum atomic E-state index is 13.3. The quantitative estimate of drug-likeness (QED) is 0.313. The lowest BCUT2D eigenvalue weighted by molar-refractivity contribution is 0.0909. The fourth-order valence-electron chi connectivity index (χ4n) is 4.48. The van der Waals surface area contributed by atoms with Crippen LogP contribution in [0.3, 0.4) is 0 Å². The molecule has 0 radical (unpaired) electrons. The normalized spacial score (nSPS) is 14.2. The summed E-state index contributed by atoms with van der Waals surface area (Å²) >= 11 is 0. The number of benzene rings is 2. The molecule has 0 unspecified atom stereocenters. The molecule has 0 atom stereocenters. The molecule has 2 aliphatic heterocycles. The minimum Gasteiger partial charge on any atom is -0.384 e. The highest BCUT2D eigenvalue weighted by atomic mass is 16.2. The minimum absolute atomic E-state index is 0.0383. The van der Waals surface area contributed by atoms with E-state index in [4.69, 9.17) is 11.5 Å². The lowest BCUT2D eigenvalue weighted by Crippen LogP contribution is -2.30. The van der Waals surface area contributed by atoms with Gasteiger partial charge in [-0.3, -0.25) is 24.0 Å². The Balaban J connectivity index is 1.32. The van der Waals surface area contributed by atoms with Gasteiger partial charge in [-0.25, -0.2) is 19.8 Å². The number of nitrogens with two attached hydrogens (primary N) is 2. The van der Waals surface area contributed by atoms with Crippen molar-refractivity contribution in [3.63, 3.8) is 0 Å². The molecule has 4 heterocycles. The van der Waals surface area contributed by atoms with E-state index in [1.807, 2.05) is 0 Å². The Kier molecular flexibility index (Phi) is 4.89. The van der Waals surface area contributed by atoms with Crippen LogP contribution in [0.4, 0.5) is 23.3 Å². The Hall–Kier alpha value is -5.71. The van der Waals surface area contributed by atoms with Crippen LogP contribution in [-0.2, 0) is 0 Å². The highest BCUT2D eigenvalue weighted by Crippen LogP contribution is 2.31.